The molecular formula is C20H20ClN3O. The zero-order valence-electron chi connectivity index (χ0n) is 14.2. The van der Waals surface area contributed by atoms with E-state index in [4.69, 9.17) is 11.6 Å². The Morgan fingerprint density at radius 2 is 1.88 bits per heavy atom. The molecule has 1 heterocycles. The molecule has 5 heteroatoms. The first-order valence-corrected chi connectivity index (χ1v) is 8.48. The molecule has 0 spiro atoms. The summed E-state index contributed by atoms with van der Waals surface area (Å²) in [5.74, 6) is -0.0976. The van der Waals surface area contributed by atoms with Gasteiger partial charge in [-0.15, -0.1) is 0 Å². The Bertz CT molecular complexity index is 881. The summed E-state index contributed by atoms with van der Waals surface area (Å²) in [6.07, 6.45) is 0. The molecule has 25 heavy (non-hydrogen) atoms. The topological polar surface area (TPSA) is 45.2 Å². The van der Waals surface area contributed by atoms with Crippen molar-refractivity contribution in [2.75, 3.05) is 20.6 Å². The highest BCUT2D eigenvalue weighted by Crippen LogP contribution is 2.19. The second kappa shape index (κ2) is 7.64. The summed E-state index contributed by atoms with van der Waals surface area (Å²) in [5, 5.41) is 4.37. The number of hydrogen-bond acceptors (Lipinski definition) is 3. The van der Waals surface area contributed by atoms with Gasteiger partial charge in [0.15, 0.2) is 0 Å². The van der Waals surface area contributed by atoms with Gasteiger partial charge in [0, 0.05) is 17.5 Å². The van der Waals surface area contributed by atoms with E-state index in [-0.39, 0.29) is 11.9 Å². The van der Waals surface area contributed by atoms with Gasteiger partial charge < -0.3 is 10.2 Å². The molecule has 0 aliphatic heterocycles. The lowest BCUT2D eigenvalue weighted by molar-refractivity contribution is 0.0942. The van der Waals surface area contributed by atoms with Crippen LogP contribution in [0.2, 0.25) is 5.15 Å². The lowest BCUT2D eigenvalue weighted by Crippen LogP contribution is -2.34. The van der Waals surface area contributed by atoms with Crippen molar-refractivity contribution in [3.63, 3.8) is 0 Å². The maximum Gasteiger partial charge on any atom is 0.251 e. The predicted molar refractivity (Wildman–Crippen MR) is 102 cm³/mol. The van der Waals surface area contributed by atoms with Crippen LogP contribution in [-0.4, -0.2) is 36.4 Å². The van der Waals surface area contributed by atoms with E-state index in [0.29, 0.717) is 17.3 Å². The minimum absolute atomic E-state index is 0.0976. The third kappa shape index (κ3) is 4.16. The quantitative estimate of drug-likeness (QED) is 0.707. The van der Waals surface area contributed by atoms with Gasteiger partial charge in [0.2, 0.25) is 0 Å². The number of nitrogens with zero attached hydrogens (tertiary/aromatic N) is 2. The average Bonchev–Trinajstić information content (AvgIpc) is 2.62. The summed E-state index contributed by atoms with van der Waals surface area (Å²) < 4.78 is 0. The van der Waals surface area contributed by atoms with Gasteiger partial charge >= 0.3 is 0 Å². The van der Waals surface area contributed by atoms with E-state index in [0.717, 1.165) is 10.9 Å². The number of halogens is 1. The van der Waals surface area contributed by atoms with E-state index < -0.39 is 0 Å². The number of carbonyl (C=O) groups excluding carboxylic acids is 1. The molecule has 1 atom stereocenters. The minimum atomic E-state index is -0.0976. The van der Waals surface area contributed by atoms with Gasteiger partial charge in [-0.1, -0.05) is 41.9 Å². The highest BCUT2D eigenvalue weighted by atomic mass is 35.5. The second-order valence-electron chi connectivity index (χ2n) is 6.14. The summed E-state index contributed by atoms with van der Waals surface area (Å²) in [5.41, 5.74) is 2.56. The maximum absolute atomic E-state index is 12.5. The summed E-state index contributed by atoms with van der Waals surface area (Å²) >= 11 is 5.90. The average molecular weight is 354 g/mol. The maximum atomic E-state index is 12.5. The number of hydrogen-bond donors (Lipinski definition) is 1. The Balaban J connectivity index is 1.74. The minimum Gasteiger partial charge on any atom is -0.350 e. The number of benzene rings is 2. The van der Waals surface area contributed by atoms with Crippen molar-refractivity contribution >= 4 is 28.4 Å². The largest absolute Gasteiger partial charge is 0.350 e. The molecule has 0 aliphatic rings. The van der Waals surface area contributed by atoms with Gasteiger partial charge in [0.25, 0.3) is 5.91 Å². The van der Waals surface area contributed by atoms with Gasteiger partial charge in [0.1, 0.15) is 5.15 Å². The van der Waals surface area contributed by atoms with Crippen LogP contribution in [-0.2, 0) is 0 Å². The fourth-order valence-corrected chi connectivity index (χ4v) is 2.96. The SMILES string of the molecule is CN(C)C(CNC(=O)c1ccc2nc(Cl)ccc2c1)c1ccccc1. The van der Waals surface area contributed by atoms with Crippen molar-refractivity contribution < 1.29 is 4.79 Å². The number of nitrogens with one attached hydrogen (secondary N) is 1. The molecule has 1 aromatic heterocycles. The summed E-state index contributed by atoms with van der Waals surface area (Å²) in [4.78, 5) is 18.9. The summed E-state index contributed by atoms with van der Waals surface area (Å²) in [6.45, 7) is 0.534. The van der Waals surface area contributed by atoms with Crippen LogP contribution in [0, 0.1) is 0 Å². The highest BCUT2D eigenvalue weighted by Gasteiger charge is 2.15. The Morgan fingerprint density at radius 3 is 2.60 bits per heavy atom. The van der Waals surface area contributed by atoms with E-state index in [9.17, 15) is 4.79 Å². The van der Waals surface area contributed by atoms with Crippen LogP contribution < -0.4 is 5.32 Å². The lowest BCUT2D eigenvalue weighted by atomic mass is 10.1. The van der Waals surface area contributed by atoms with Gasteiger partial charge in [-0.2, -0.15) is 0 Å². The van der Waals surface area contributed by atoms with E-state index in [2.05, 4.69) is 27.3 Å². The van der Waals surface area contributed by atoms with Crippen LogP contribution in [0.1, 0.15) is 22.0 Å². The number of likely N-dealkylation sites (N-methyl/N-ethyl adjacent to an activating group) is 1. The van der Waals surface area contributed by atoms with Crippen molar-refractivity contribution in [3.05, 3.63) is 76.9 Å². The number of fused-ring (bicyclic) bond motifs is 1. The molecular weight excluding hydrogens is 334 g/mol. The summed E-state index contributed by atoms with van der Waals surface area (Å²) in [7, 11) is 4.02. The third-order valence-electron chi connectivity index (χ3n) is 4.18. The molecule has 0 radical (unpaired) electrons. The van der Waals surface area contributed by atoms with Crippen LogP contribution in [0.25, 0.3) is 10.9 Å². The lowest BCUT2D eigenvalue weighted by Gasteiger charge is -2.25. The molecule has 128 valence electrons. The molecule has 1 amide bonds. The molecule has 1 unspecified atom stereocenters. The Labute approximate surface area is 152 Å². The monoisotopic (exact) mass is 353 g/mol. The van der Waals surface area contributed by atoms with Crippen LogP contribution >= 0.6 is 11.6 Å². The molecule has 0 fully saturated rings. The number of amides is 1. The number of rotatable bonds is 5. The second-order valence-corrected chi connectivity index (χ2v) is 6.53. The third-order valence-corrected chi connectivity index (χ3v) is 4.39. The highest BCUT2D eigenvalue weighted by molar-refractivity contribution is 6.29. The van der Waals surface area contributed by atoms with Crippen molar-refractivity contribution in [1.29, 1.82) is 0 Å². The molecule has 3 aromatic rings. The number of aromatic nitrogens is 1. The fourth-order valence-electron chi connectivity index (χ4n) is 2.81. The van der Waals surface area contributed by atoms with Crippen LogP contribution in [0.4, 0.5) is 0 Å². The number of carbonyl (C=O) groups is 1. The van der Waals surface area contributed by atoms with Gasteiger partial charge in [-0.25, -0.2) is 4.98 Å². The predicted octanol–water partition coefficient (Wildman–Crippen LogP) is 3.92. The first-order valence-electron chi connectivity index (χ1n) is 8.10. The molecule has 1 N–H and O–H groups in total. The van der Waals surface area contributed by atoms with E-state index >= 15 is 0 Å². The zero-order valence-corrected chi connectivity index (χ0v) is 15.0. The van der Waals surface area contributed by atoms with Crippen molar-refractivity contribution in [2.45, 2.75) is 6.04 Å². The standard InChI is InChI=1S/C20H20ClN3O/c1-24(2)18(14-6-4-3-5-7-14)13-22-20(25)16-8-10-17-15(12-16)9-11-19(21)23-17/h3-12,18H,13H2,1-2H3,(H,22,25). The van der Waals surface area contributed by atoms with Crippen molar-refractivity contribution in [2.24, 2.45) is 0 Å². The van der Waals surface area contributed by atoms with Crippen molar-refractivity contribution in [3.8, 4) is 0 Å². The first-order chi connectivity index (χ1) is 12.0. The van der Waals surface area contributed by atoms with E-state index in [1.54, 1.807) is 12.1 Å². The first kappa shape index (κ1) is 17.4. The zero-order chi connectivity index (χ0) is 17.8. The molecule has 0 saturated carbocycles. The Morgan fingerprint density at radius 1 is 1.12 bits per heavy atom. The van der Waals surface area contributed by atoms with E-state index in [1.165, 1.54) is 5.56 Å². The molecule has 0 saturated heterocycles. The molecule has 0 bridgehead atoms. The van der Waals surface area contributed by atoms with Gasteiger partial charge in [-0.05, 0) is 50.0 Å². The molecule has 0 aliphatic carbocycles. The molecule has 4 nitrogen and oxygen atoms in total. The molecule has 2 aromatic carbocycles. The fraction of sp³-hybridized carbons (Fsp3) is 0.200. The van der Waals surface area contributed by atoms with Crippen LogP contribution in [0.15, 0.2) is 60.7 Å². The Kier molecular flexibility index (Phi) is 5.31. The molecule has 3 rings (SSSR count). The summed E-state index contributed by atoms with van der Waals surface area (Å²) in [6, 6.07) is 19.3. The van der Waals surface area contributed by atoms with Gasteiger partial charge in [-0.3, -0.25) is 4.79 Å². The van der Waals surface area contributed by atoms with Crippen molar-refractivity contribution in [1.82, 2.24) is 15.2 Å². The normalized spacial score (nSPS) is 12.3. The van der Waals surface area contributed by atoms with Crippen LogP contribution in [0.5, 0.6) is 0 Å². The number of pyridine rings is 1. The van der Waals surface area contributed by atoms with E-state index in [1.807, 2.05) is 50.5 Å². The smallest absolute Gasteiger partial charge is 0.251 e. The van der Waals surface area contributed by atoms with Crippen LogP contribution in [0.3, 0.4) is 0 Å². The Hall–Kier alpha value is -2.43. The van der Waals surface area contributed by atoms with Gasteiger partial charge in [0.05, 0.1) is 11.6 Å².